The van der Waals surface area contributed by atoms with Crippen molar-refractivity contribution in [1.82, 2.24) is 4.98 Å². The Kier molecular flexibility index (Phi) is 6.03. The van der Waals surface area contributed by atoms with Crippen LogP contribution >= 0.6 is 11.3 Å². The molecule has 0 saturated heterocycles. The molecule has 1 heterocycles. The molecule has 1 N–H and O–H groups in total. The van der Waals surface area contributed by atoms with Gasteiger partial charge in [0.2, 0.25) is 5.91 Å². The minimum absolute atomic E-state index is 0.0325. The summed E-state index contributed by atoms with van der Waals surface area (Å²) in [6.07, 6.45) is 2.23. The molecule has 24 heavy (non-hydrogen) atoms. The maximum atomic E-state index is 13.6. The van der Waals surface area contributed by atoms with E-state index in [0.717, 1.165) is 10.4 Å². The number of nitrogens with zero attached hydrogens (tertiary/aromatic N) is 1. The van der Waals surface area contributed by atoms with Crippen LogP contribution in [0.5, 0.6) is 0 Å². The lowest BCUT2D eigenvalue weighted by Crippen LogP contribution is -2.21. The number of rotatable bonds is 6. The fourth-order valence-corrected chi connectivity index (χ4v) is 2.99. The number of nitrogens with one attached hydrogen (secondary N) is 1. The van der Waals surface area contributed by atoms with Crippen LogP contribution in [0.25, 0.3) is 0 Å². The van der Waals surface area contributed by atoms with Gasteiger partial charge in [-0.3, -0.25) is 9.59 Å². The Morgan fingerprint density at radius 2 is 2.17 bits per heavy atom. The Hall–Kier alpha value is -2.28. The van der Waals surface area contributed by atoms with Gasteiger partial charge in [-0.25, -0.2) is 9.37 Å². The van der Waals surface area contributed by atoms with Crippen LogP contribution in [0.15, 0.2) is 24.4 Å². The van der Waals surface area contributed by atoms with Gasteiger partial charge < -0.3 is 10.1 Å². The lowest BCUT2D eigenvalue weighted by molar-refractivity contribution is -0.146. The van der Waals surface area contributed by atoms with Crippen LogP contribution in [0.3, 0.4) is 0 Å². The maximum Gasteiger partial charge on any atom is 0.308 e. The monoisotopic (exact) mass is 350 g/mol. The van der Waals surface area contributed by atoms with Crippen molar-refractivity contribution < 1.29 is 18.7 Å². The van der Waals surface area contributed by atoms with Crippen molar-refractivity contribution in [3.63, 3.8) is 0 Å². The van der Waals surface area contributed by atoms with Gasteiger partial charge in [0, 0.05) is 23.9 Å². The Balaban J connectivity index is 1.94. The minimum atomic E-state index is -0.509. The number of thiazole rings is 1. The van der Waals surface area contributed by atoms with Crippen molar-refractivity contribution in [2.24, 2.45) is 5.92 Å². The van der Waals surface area contributed by atoms with Crippen molar-refractivity contribution >= 4 is 28.3 Å². The molecule has 128 valence electrons. The van der Waals surface area contributed by atoms with Crippen LogP contribution in [0.1, 0.15) is 29.3 Å². The molecule has 5 nitrogen and oxygen atoms in total. The summed E-state index contributed by atoms with van der Waals surface area (Å²) in [5.74, 6) is -1.46. The summed E-state index contributed by atoms with van der Waals surface area (Å²) >= 11 is 1.33. The third kappa shape index (κ3) is 4.86. The van der Waals surface area contributed by atoms with Gasteiger partial charge in [0.15, 0.2) is 5.13 Å². The first kappa shape index (κ1) is 18.1. The van der Waals surface area contributed by atoms with Gasteiger partial charge >= 0.3 is 5.97 Å². The minimum Gasteiger partial charge on any atom is -0.469 e. The van der Waals surface area contributed by atoms with Gasteiger partial charge in [-0.2, -0.15) is 0 Å². The summed E-state index contributed by atoms with van der Waals surface area (Å²) < 4.78 is 18.2. The summed E-state index contributed by atoms with van der Waals surface area (Å²) in [6.45, 7) is 3.35. The number of methoxy groups -OCH3 is 1. The van der Waals surface area contributed by atoms with Gasteiger partial charge in [0.05, 0.1) is 13.0 Å². The van der Waals surface area contributed by atoms with Crippen LogP contribution in [0.2, 0.25) is 0 Å². The van der Waals surface area contributed by atoms with Crippen molar-refractivity contribution in [3.8, 4) is 0 Å². The molecule has 2 aromatic rings. The lowest BCUT2D eigenvalue weighted by Gasteiger charge is -2.07. The Bertz CT molecular complexity index is 745. The van der Waals surface area contributed by atoms with Gasteiger partial charge in [0.25, 0.3) is 0 Å². The summed E-state index contributed by atoms with van der Waals surface area (Å²) in [4.78, 5) is 28.3. The summed E-state index contributed by atoms with van der Waals surface area (Å²) in [5, 5.41) is 3.12. The zero-order valence-corrected chi connectivity index (χ0v) is 14.6. The molecule has 0 saturated carbocycles. The van der Waals surface area contributed by atoms with E-state index >= 15 is 0 Å². The zero-order chi connectivity index (χ0) is 17.7. The van der Waals surface area contributed by atoms with Crippen molar-refractivity contribution in [2.45, 2.75) is 26.7 Å². The SMILES string of the molecule is COC(=O)C(C)CC(=O)Nc1ncc(Cc2ccc(C)c(F)c2)s1. The zero-order valence-electron chi connectivity index (χ0n) is 13.8. The first-order chi connectivity index (χ1) is 11.4. The molecule has 0 fully saturated rings. The Morgan fingerprint density at radius 3 is 2.83 bits per heavy atom. The number of anilines is 1. The van der Waals surface area contributed by atoms with E-state index in [0.29, 0.717) is 17.1 Å². The van der Waals surface area contributed by atoms with Gasteiger partial charge in [0.1, 0.15) is 5.82 Å². The third-order valence-electron chi connectivity index (χ3n) is 3.51. The second-order valence-corrected chi connectivity index (χ2v) is 6.68. The molecule has 7 heteroatoms. The number of halogens is 1. The molecule has 0 aliphatic heterocycles. The second kappa shape index (κ2) is 8.01. The smallest absolute Gasteiger partial charge is 0.308 e. The van der Waals surface area contributed by atoms with E-state index < -0.39 is 11.9 Å². The standard InChI is InChI=1S/C17H19FN2O3S/c1-10-4-5-12(8-14(10)18)7-13-9-19-17(24-13)20-15(21)6-11(2)16(22)23-3/h4-5,8-9,11H,6-7H2,1-3H3,(H,19,20,21). The first-order valence-electron chi connectivity index (χ1n) is 7.46. The highest BCUT2D eigenvalue weighted by atomic mass is 32.1. The van der Waals surface area contributed by atoms with E-state index in [1.165, 1.54) is 24.5 Å². The number of carbonyl (C=O) groups excluding carboxylic acids is 2. The lowest BCUT2D eigenvalue weighted by atomic mass is 10.1. The fourth-order valence-electron chi connectivity index (χ4n) is 2.13. The summed E-state index contributed by atoms with van der Waals surface area (Å²) in [5.41, 5.74) is 1.45. The molecule has 0 bridgehead atoms. The van der Waals surface area contributed by atoms with Crippen molar-refractivity contribution in [2.75, 3.05) is 12.4 Å². The average molecular weight is 350 g/mol. The van der Waals surface area contributed by atoms with E-state index in [4.69, 9.17) is 0 Å². The maximum absolute atomic E-state index is 13.6. The topological polar surface area (TPSA) is 68.3 Å². The molecular formula is C17H19FN2O3S. The van der Waals surface area contributed by atoms with E-state index in [1.807, 2.05) is 6.07 Å². The number of hydrogen-bond acceptors (Lipinski definition) is 5. The number of ether oxygens (including phenoxy) is 1. The van der Waals surface area contributed by atoms with Crippen LogP contribution in [-0.2, 0) is 20.7 Å². The number of hydrogen-bond donors (Lipinski definition) is 1. The molecule has 0 spiro atoms. The predicted octanol–water partition coefficient (Wildman–Crippen LogP) is 3.32. The van der Waals surface area contributed by atoms with Gasteiger partial charge in [-0.05, 0) is 24.1 Å². The fraction of sp³-hybridized carbons (Fsp3) is 0.353. The van der Waals surface area contributed by atoms with Crippen molar-refractivity contribution in [1.29, 1.82) is 0 Å². The average Bonchev–Trinajstić information content (AvgIpc) is 2.96. The van der Waals surface area contributed by atoms with Gasteiger partial charge in [-0.1, -0.05) is 19.1 Å². The van der Waals surface area contributed by atoms with Gasteiger partial charge in [-0.15, -0.1) is 11.3 Å². The highest BCUT2D eigenvalue weighted by Gasteiger charge is 2.18. The summed E-state index contributed by atoms with van der Waals surface area (Å²) in [6, 6.07) is 5.11. The van der Waals surface area contributed by atoms with Crippen LogP contribution in [-0.4, -0.2) is 24.0 Å². The molecule has 0 aliphatic carbocycles. The van der Waals surface area contributed by atoms with E-state index in [1.54, 1.807) is 26.1 Å². The molecule has 1 aromatic heterocycles. The molecule has 1 atom stereocenters. The molecule has 1 unspecified atom stereocenters. The summed E-state index contributed by atoms with van der Waals surface area (Å²) in [7, 11) is 1.29. The van der Waals surface area contributed by atoms with E-state index in [-0.39, 0.29) is 18.1 Å². The molecule has 0 radical (unpaired) electrons. The van der Waals surface area contributed by atoms with Crippen molar-refractivity contribution in [3.05, 3.63) is 46.2 Å². The predicted molar refractivity (Wildman–Crippen MR) is 90.5 cm³/mol. The van der Waals surface area contributed by atoms with E-state index in [2.05, 4.69) is 15.0 Å². The molecule has 1 amide bonds. The molecule has 1 aromatic carbocycles. The number of esters is 1. The largest absolute Gasteiger partial charge is 0.469 e. The van der Waals surface area contributed by atoms with Crippen LogP contribution in [0, 0.1) is 18.7 Å². The highest BCUT2D eigenvalue weighted by Crippen LogP contribution is 2.22. The molecule has 2 rings (SSSR count). The normalized spacial score (nSPS) is 11.8. The Labute approximate surface area is 143 Å². The van der Waals surface area contributed by atoms with Crippen LogP contribution in [0.4, 0.5) is 9.52 Å². The first-order valence-corrected chi connectivity index (χ1v) is 8.28. The third-order valence-corrected chi connectivity index (χ3v) is 4.42. The van der Waals surface area contributed by atoms with E-state index in [9.17, 15) is 14.0 Å². The van der Waals surface area contributed by atoms with Crippen LogP contribution < -0.4 is 5.32 Å². The quantitative estimate of drug-likeness (QED) is 0.812. The number of carbonyl (C=O) groups is 2. The Morgan fingerprint density at radius 1 is 1.42 bits per heavy atom. The number of aromatic nitrogens is 1. The number of aryl methyl sites for hydroxylation is 1. The molecular weight excluding hydrogens is 331 g/mol. The highest BCUT2D eigenvalue weighted by molar-refractivity contribution is 7.15. The second-order valence-electron chi connectivity index (χ2n) is 5.57. The number of benzene rings is 1. The number of amides is 1. The molecule has 0 aliphatic rings.